The zero-order chi connectivity index (χ0) is 28.7. The van der Waals surface area contributed by atoms with Crippen LogP contribution in [0.5, 0.6) is 5.75 Å². The largest absolute Gasteiger partial charge is 1.00 e. The Kier molecular flexibility index (Phi) is 18.2. The fraction of sp³-hybridized carbons (Fsp3) is 0.111. The van der Waals surface area contributed by atoms with Crippen LogP contribution >= 0.6 is 0 Å². The smallest absolute Gasteiger partial charge is 0.747 e. The predicted molar refractivity (Wildman–Crippen MR) is 123 cm³/mol. The SMILES string of the molecule is COc1cc(N=Nc2cc(S(=O)(=O)[O-])c3cc(S(=O)(=O)[O-])cc(S(=O)(=O)[O-])c3c2)ccc1NCS(=O)(=O)[O-].[Na+].[Na+].[Na+].[Na+]. The van der Waals surface area contributed by atoms with Crippen molar-refractivity contribution in [3.63, 3.8) is 0 Å². The van der Waals surface area contributed by atoms with Crippen LogP contribution in [0.1, 0.15) is 0 Å². The first kappa shape index (κ1) is 44.9. The second-order valence-electron chi connectivity index (χ2n) is 7.29. The topological polar surface area (TPSA) is 275 Å². The van der Waals surface area contributed by atoms with E-state index in [1.807, 2.05) is 0 Å². The first-order chi connectivity index (χ1) is 17.3. The average molecular weight is 700 g/mol. The summed E-state index contributed by atoms with van der Waals surface area (Å²) in [5.41, 5.74) is -0.368. The molecule has 3 aromatic carbocycles. The van der Waals surface area contributed by atoms with Crippen LogP contribution in [0.3, 0.4) is 0 Å². The minimum Gasteiger partial charge on any atom is -0.747 e. The van der Waals surface area contributed by atoms with Gasteiger partial charge in [0.1, 0.15) is 52.1 Å². The van der Waals surface area contributed by atoms with Gasteiger partial charge in [0, 0.05) is 16.8 Å². The molecule has 24 heteroatoms. The molecule has 0 heterocycles. The summed E-state index contributed by atoms with van der Waals surface area (Å²) in [5.74, 6) is -0.939. The van der Waals surface area contributed by atoms with Crippen molar-refractivity contribution in [1.29, 1.82) is 0 Å². The van der Waals surface area contributed by atoms with Gasteiger partial charge in [-0.3, -0.25) is 0 Å². The summed E-state index contributed by atoms with van der Waals surface area (Å²) >= 11 is 0. The molecule has 0 saturated heterocycles. The first-order valence-electron chi connectivity index (χ1n) is 9.56. The number of nitrogens with one attached hydrogen (secondary N) is 1. The van der Waals surface area contributed by atoms with Gasteiger partial charge in [-0.15, -0.1) is 0 Å². The van der Waals surface area contributed by atoms with Crippen LogP contribution in [-0.4, -0.2) is 64.9 Å². The maximum Gasteiger partial charge on any atom is 1.00 e. The Balaban J connectivity index is 0. The van der Waals surface area contributed by atoms with E-state index in [0.717, 1.165) is 6.07 Å². The number of ether oxygens (including phenoxy) is 1. The van der Waals surface area contributed by atoms with Crippen molar-refractivity contribution in [3.8, 4) is 5.75 Å². The number of anilines is 1. The second-order valence-corrected chi connectivity index (χ2v) is 12.8. The number of azo groups is 1. The van der Waals surface area contributed by atoms with Gasteiger partial charge in [-0.1, -0.05) is 0 Å². The molecule has 0 spiro atoms. The number of hydrogen-bond acceptors (Lipinski definition) is 16. The van der Waals surface area contributed by atoms with E-state index in [1.54, 1.807) is 0 Å². The van der Waals surface area contributed by atoms with Gasteiger partial charge in [0.25, 0.3) is 0 Å². The summed E-state index contributed by atoms with van der Waals surface area (Å²) in [4.78, 5) is -3.74. The predicted octanol–water partition coefficient (Wildman–Crippen LogP) is -11.1. The van der Waals surface area contributed by atoms with E-state index in [2.05, 4.69) is 15.5 Å². The normalized spacial score (nSPS) is 11.9. The number of nitrogens with zero attached hydrogens (tertiary/aromatic N) is 2. The summed E-state index contributed by atoms with van der Waals surface area (Å²) < 4.78 is 143. The van der Waals surface area contributed by atoms with Crippen LogP contribution < -0.4 is 128 Å². The first-order valence-corrected chi connectivity index (χ1v) is 15.4. The summed E-state index contributed by atoms with van der Waals surface area (Å²) in [5, 5.41) is 8.29. The quantitative estimate of drug-likeness (QED) is 0.123. The maximum absolute atomic E-state index is 11.9. The third kappa shape index (κ3) is 12.2. The molecule has 0 radical (unpaired) electrons. The molecule has 0 fully saturated rings. The number of hydrogen-bond donors (Lipinski definition) is 1. The molecule has 0 aromatic heterocycles. The number of fused-ring (bicyclic) bond motifs is 1. The number of methoxy groups -OCH3 is 1. The van der Waals surface area contributed by atoms with Gasteiger partial charge in [0.05, 0.1) is 38.9 Å². The Morgan fingerprint density at radius 3 is 1.64 bits per heavy atom. The Morgan fingerprint density at radius 1 is 0.667 bits per heavy atom. The van der Waals surface area contributed by atoms with Gasteiger partial charge >= 0.3 is 118 Å². The Morgan fingerprint density at radius 2 is 1.17 bits per heavy atom. The van der Waals surface area contributed by atoms with Gasteiger partial charge in [0.15, 0.2) is 0 Å². The summed E-state index contributed by atoms with van der Waals surface area (Å²) in [6.07, 6.45) is 0. The van der Waals surface area contributed by atoms with Crippen LogP contribution in [-0.2, 0) is 40.5 Å². The van der Waals surface area contributed by atoms with Crippen LogP contribution in [0.2, 0.25) is 0 Å². The molecular formula is C18H13N3Na4O13S4. The van der Waals surface area contributed by atoms with Crippen molar-refractivity contribution in [2.24, 2.45) is 10.2 Å². The van der Waals surface area contributed by atoms with E-state index < -0.39 is 77.5 Å². The number of rotatable bonds is 9. The van der Waals surface area contributed by atoms with Gasteiger partial charge in [-0.2, -0.15) is 10.2 Å². The Hall–Kier alpha value is 0.760. The zero-order valence-corrected chi connectivity index (χ0v) is 33.8. The van der Waals surface area contributed by atoms with Crippen molar-refractivity contribution in [2.45, 2.75) is 14.7 Å². The van der Waals surface area contributed by atoms with E-state index in [-0.39, 0.29) is 141 Å². The van der Waals surface area contributed by atoms with Crippen molar-refractivity contribution in [3.05, 3.63) is 42.5 Å². The molecule has 1 N–H and O–H groups in total. The van der Waals surface area contributed by atoms with Crippen molar-refractivity contribution >= 4 is 68.3 Å². The second kappa shape index (κ2) is 17.1. The average Bonchev–Trinajstić information content (AvgIpc) is 2.77. The van der Waals surface area contributed by atoms with E-state index in [4.69, 9.17) is 4.74 Å². The van der Waals surface area contributed by atoms with Crippen molar-refractivity contribution in [2.75, 3.05) is 18.3 Å². The molecule has 0 amide bonds. The van der Waals surface area contributed by atoms with Gasteiger partial charge in [-0.25, -0.2) is 33.7 Å². The van der Waals surface area contributed by atoms with Crippen LogP contribution in [0, 0.1) is 0 Å². The maximum atomic E-state index is 11.9. The number of benzene rings is 3. The molecule has 0 bridgehead atoms. The molecule has 0 aliphatic heterocycles. The van der Waals surface area contributed by atoms with Gasteiger partial charge < -0.3 is 28.3 Å². The van der Waals surface area contributed by atoms with Gasteiger partial charge in [-0.05, 0) is 36.4 Å². The zero-order valence-electron chi connectivity index (χ0n) is 22.6. The minimum atomic E-state index is -5.50. The fourth-order valence-electron chi connectivity index (χ4n) is 3.14. The van der Waals surface area contributed by atoms with E-state index in [9.17, 15) is 51.9 Å². The van der Waals surface area contributed by atoms with E-state index in [0.29, 0.717) is 12.1 Å². The van der Waals surface area contributed by atoms with Crippen molar-refractivity contribution < 1.29 is 175 Å². The molecule has 0 saturated carbocycles. The van der Waals surface area contributed by atoms with Crippen LogP contribution in [0.4, 0.5) is 17.1 Å². The molecule has 0 aliphatic rings. The Labute approximate surface area is 329 Å². The molecular weight excluding hydrogens is 686 g/mol. The standard InChI is InChI=1S/C18H17N3O13S4.4Na/c1-34-16-5-10(2-3-15(16)19-9-35(22,23)24)20-21-11-4-13-14(17(6-11)37(28,29)30)7-12(36(25,26)27)8-18(13)38(31,32)33;;;;/h2-8,19H,9H2,1H3,(H,22,23,24)(H,25,26,27)(H,28,29,30)(H,31,32,33);;;;/q;4*+1/p-4. The minimum absolute atomic E-state index is 0. The van der Waals surface area contributed by atoms with E-state index >= 15 is 0 Å². The molecule has 0 atom stereocenters. The molecule has 0 unspecified atom stereocenters. The molecule has 0 aliphatic carbocycles. The summed E-state index contributed by atoms with van der Waals surface area (Å²) in [6.45, 7) is 0. The van der Waals surface area contributed by atoms with Crippen LogP contribution in [0.15, 0.2) is 67.4 Å². The monoisotopic (exact) mass is 699 g/mol. The Bertz CT molecular complexity index is 1920. The van der Waals surface area contributed by atoms with Gasteiger partial charge in [0.2, 0.25) is 0 Å². The molecule has 206 valence electrons. The van der Waals surface area contributed by atoms with Crippen molar-refractivity contribution in [1.82, 2.24) is 0 Å². The third-order valence-corrected chi connectivity index (χ3v) is 7.75. The van der Waals surface area contributed by atoms with Crippen LogP contribution in [0.25, 0.3) is 10.8 Å². The summed E-state index contributed by atoms with van der Waals surface area (Å²) in [6, 6.07) is 5.85. The molecule has 16 nitrogen and oxygen atoms in total. The third-order valence-electron chi connectivity index (χ3n) is 4.69. The molecule has 42 heavy (non-hydrogen) atoms. The van der Waals surface area contributed by atoms with E-state index in [1.165, 1.54) is 25.3 Å². The molecule has 3 rings (SSSR count). The summed E-state index contributed by atoms with van der Waals surface area (Å²) in [7, 11) is -19.7. The fourth-order valence-corrected chi connectivity index (χ4v) is 5.49. The molecule has 3 aromatic rings.